The van der Waals surface area contributed by atoms with Crippen LogP contribution in [-0.4, -0.2) is 16.5 Å². The second kappa shape index (κ2) is 2.27. The van der Waals surface area contributed by atoms with E-state index in [0.717, 1.165) is 5.69 Å². The van der Waals surface area contributed by atoms with Crippen LogP contribution in [0.3, 0.4) is 0 Å². The summed E-state index contributed by atoms with van der Waals surface area (Å²) in [5.41, 5.74) is 6.88. The fraction of sp³-hybridized carbons (Fsp3) is 0.500. The maximum absolute atomic E-state index is 5.63. The first-order chi connectivity index (χ1) is 5.37. The molecular formula is C8H11N3. The van der Waals surface area contributed by atoms with E-state index < -0.39 is 0 Å². The molecule has 1 aliphatic carbocycles. The highest BCUT2D eigenvalue weighted by Gasteiger charge is 2.44. The van der Waals surface area contributed by atoms with Crippen LogP contribution in [0.15, 0.2) is 18.6 Å². The summed E-state index contributed by atoms with van der Waals surface area (Å²) < 4.78 is 0. The van der Waals surface area contributed by atoms with Crippen molar-refractivity contribution in [3.63, 3.8) is 0 Å². The molecule has 0 unspecified atom stereocenters. The molecule has 2 rings (SSSR count). The van der Waals surface area contributed by atoms with Crippen LogP contribution in [0, 0.1) is 0 Å². The van der Waals surface area contributed by atoms with Crippen molar-refractivity contribution in [1.29, 1.82) is 0 Å². The summed E-state index contributed by atoms with van der Waals surface area (Å²) in [6, 6.07) is 0. The predicted molar refractivity (Wildman–Crippen MR) is 42.0 cm³/mol. The van der Waals surface area contributed by atoms with Crippen molar-refractivity contribution in [1.82, 2.24) is 9.97 Å². The van der Waals surface area contributed by atoms with Gasteiger partial charge in [-0.1, -0.05) is 0 Å². The molecule has 1 saturated carbocycles. The second-order valence-corrected chi connectivity index (χ2v) is 3.08. The molecule has 11 heavy (non-hydrogen) atoms. The zero-order valence-electron chi connectivity index (χ0n) is 6.33. The molecule has 0 radical (unpaired) electrons. The van der Waals surface area contributed by atoms with Gasteiger partial charge >= 0.3 is 0 Å². The molecule has 3 heteroatoms. The molecule has 0 atom stereocenters. The third kappa shape index (κ3) is 1.01. The fourth-order valence-corrected chi connectivity index (χ4v) is 1.29. The van der Waals surface area contributed by atoms with E-state index in [0.29, 0.717) is 6.54 Å². The molecule has 1 aromatic heterocycles. The number of hydrogen-bond donors (Lipinski definition) is 1. The molecule has 0 aromatic carbocycles. The first-order valence-corrected chi connectivity index (χ1v) is 3.84. The number of hydrogen-bond acceptors (Lipinski definition) is 3. The van der Waals surface area contributed by atoms with Crippen LogP contribution in [-0.2, 0) is 5.41 Å². The Morgan fingerprint density at radius 1 is 1.45 bits per heavy atom. The minimum absolute atomic E-state index is 0.189. The van der Waals surface area contributed by atoms with Crippen molar-refractivity contribution in [2.24, 2.45) is 5.73 Å². The van der Waals surface area contributed by atoms with E-state index in [-0.39, 0.29) is 5.41 Å². The Balaban J connectivity index is 2.30. The molecular weight excluding hydrogens is 138 g/mol. The molecule has 1 aromatic rings. The Kier molecular flexibility index (Phi) is 1.39. The zero-order valence-corrected chi connectivity index (χ0v) is 6.33. The lowest BCUT2D eigenvalue weighted by molar-refractivity contribution is 0.673. The highest BCUT2D eigenvalue weighted by atomic mass is 14.8. The maximum atomic E-state index is 5.63. The average Bonchev–Trinajstić information content (AvgIpc) is 2.86. The van der Waals surface area contributed by atoms with Crippen LogP contribution < -0.4 is 5.73 Å². The molecule has 1 fully saturated rings. The summed E-state index contributed by atoms with van der Waals surface area (Å²) in [4.78, 5) is 8.26. The van der Waals surface area contributed by atoms with Gasteiger partial charge in [0.2, 0.25) is 0 Å². The lowest BCUT2D eigenvalue weighted by atomic mass is 10.0. The quantitative estimate of drug-likeness (QED) is 0.665. The zero-order chi connectivity index (χ0) is 7.73. The van der Waals surface area contributed by atoms with Crippen molar-refractivity contribution < 1.29 is 0 Å². The predicted octanol–water partition coefficient (Wildman–Crippen LogP) is 0.467. The summed E-state index contributed by atoms with van der Waals surface area (Å²) in [5.74, 6) is 0. The Morgan fingerprint density at radius 2 is 2.27 bits per heavy atom. The Labute approximate surface area is 65.7 Å². The third-order valence-corrected chi connectivity index (χ3v) is 2.35. The van der Waals surface area contributed by atoms with Crippen molar-refractivity contribution in [3.05, 3.63) is 24.3 Å². The lowest BCUT2D eigenvalue weighted by Crippen LogP contribution is -2.20. The highest BCUT2D eigenvalue weighted by molar-refractivity contribution is 5.22. The monoisotopic (exact) mass is 149 g/mol. The lowest BCUT2D eigenvalue weighted by Gasteiger charge is -2.09. The van der Waals surface area contributed by atoms with E-state index in [9.17, 15) is 0 Å². The van der Waals surface area contributed by atoms with Crippen LogP contribution in [0.25, 0.3) is 0 Å². The van der Waals surface area contributed by atoms with Crippen molar-refractivity contribution >= 4 is 0 Å². The number of nitrogens with two attached hydrogens (primary N) is 1. The van der Waals surface area contributed by atoms with Gasteiger partial charge in [0.05, 0.1) is 5.69 Å². The first-order valence-electron chi connectivity index (χ1n) is 3.84. The average molecular weight is 149 g/mol. The molecule has 2 N–H and O–H groups in total. The molecule has 0 amide bonds. The van der Waals surface area contributed by atoms with Crippen molar-refractivity contribution in [3.8, 4) is 0 Å². The van der Waals surface area contributed by atoms with Gasteiger partial charge in [0.25, 0.3) is 0 Å². The van der Waals surface area contributed by atoms with Gasteiger partial charge in [-0.15, -0.1) is 0 Å². The minimum atomic E-state index is 0.189. The third-order valence-electron chi connectivity index (χ3n) is 2.35. The SMILES string of the molecule is NCC1(c2cnccn2)CC1. The molecule has 0 aliphatic heterocycles. The first kappa shape index (κ1) is 6.73. The Hall–Kier alpha value is -0.960. The summed E-state index contributed by atoms with van der Waals surface area (Å²) >= 11 is 0. The Morgan fingerprint density at radius 3 is 2.73 bits per heavy atom. The number of aromatic nitrogens is 2. The van der Waals surface area contributed by atoms with Gasteiger partial charge in [0, 0.05) is 30.6 Å². The number of nitrogens with zero attached hydrogens (tertiary/aromatic N) is 2. The molecule has 1 heterocycles. The molecule has 1 aliphatic rings. The van der Waals surface area contributed by atoms with E-state index in [4.69, 9.17) is 5.73 Å². The van der Waals surface area contributed by atoms with Crippen molar-refractivity contribution in [2.45, 2.75) is 18.3 Å². The maximum Gasteiger partial charge on any atom is 0.0660 e. The van der Waals surface area contributed by atoms with E-state index in [1.165, 1.54) is 12.8 Å². The van der Waals surface area contributed by atoms with E-state index in [1.807, 2.05) is 6.20 Å². The molecule has 0 saturated heterocycles. The highest BCUT2D eigenvalue weighted by Crippen LogP contribution is 2.45. The fourth-order valence-electron chi connectivity index (χ4n) is 1.29. The van der Waals surface area contributed by atoms with Crippen LogP contribution in [0.1, 0.15) is 18.5 Å². The van der Waals surface area contributed by atoms with Crippen LogP contribution in [0.5, 0.6) is 0 Å². The summed E-state index contributed by atoms with van der Waals surface area (Å²) in [5, 5.41) is 0. The summed E-state index contributed by atoms with van der Waals surface area (Å²) in [7, 11) is 0. The van der Waals surface area contributed by atoms with Crippen molar-refractivity contribution in [2.75, 3.05) is 6.54 Å². The molecule has 0 bridgehead atoms. The summed E-state index contributed by atoms with van der Waals surface area (Å²) in [6.07, 6.45) is 7.57. The topological polar surface area (TPSA) is 51.8 Å². The smallest absolute Gasteiger partial charge is 0.0660 e. The normalized spacial score (nSPS) is 19.7. The van der Waals surface area contributed by atoms with Gasteiger partial charge in [-0.2, -0.15) is 0 Å². The minimum Gasteiger partial charge on any atom is -0.330 e. The van der Waals surface area contributed by atoms with E-state index in [1.54, 1.807) is 12.4 Å². The van der Waals surface area contributed by atoms with Crippen LogP contribution in [0.2, 0.25) is 0 Å². The van der Waals surface area contributed by atoms with Crippen LogP contribution >= 0.6 is 0 Å². The van der Waals surface area contributed by atoms with Gasteiger partial charge in [0.1, 0.15) is 0 Å². The largest absolute Gasteiger partial charge is 0.330 e. The molecule has 58 valence electrons. The second-order valence-electron chi connectivity index (χ2n) is 3.08. The van der Waals surface area contributed by atoms with Gasteiger partial charge in [-0.3, -0.25) is 9.97 Å². The van der Waals surface area contributed by atoms with E-state index in [2.05, 4.69) is 9.97 Å². The Bertz CT molecular complexity index is 241. The van der Waals surface area contributed by atoms with Gasteiger partial charge < -0.3 is 5.73 Å². The number of rotatable bonds is 2. The molecule has 3 nitrogen and oxygen atoms in total. The molecule has 0 spiro atoms. The van der Waals surface area contributed by atoms with E-state index >= 15 is 0 Å². The van der Waals surface area contributed by atoms with Gasteiger partial charge in [0.15, 0.2) is 0 Å². The van der Waals surface area contributed by atoms with Crippen LogP contribution in [0.4, 0.5) is 0 Å². The summed E-state index contributed by atoms with van der Waals surface area (Å²) in [6.45, 7) is 0.700. The van der Waals surface area contributed by atoms with Gasteiger partial charge in [-0.05, 0) is 12.8 Å². The van der Waals surface area contributed by atoms with Gasteiger partial charge in [-0.25, -0.2) is 0 Å². The standard InChI is InChI=1S/C8H11N3/c9-6-8(1-2-8)7-5-10-3-4-11-7/h3-5H,1-2,6,9H2.